The van der Waals surface area contributed by atoms with Gasteiger partial charge in [0.2, 0.25) is 0 Å². The van der Waals surface area contributed by atoms with Crippen molar-refractivity contribution in [2.24, 2.45) is 0 Å². The molecule has 0 spiro atoms. The topological polar surface area (TPSA) is 60.2 Å². The molecule has 0 N–H and O–H groups in total. The Morgan fingerprint density at radius 1 is 0.960 bits per heavy atom. The van der Waals surface area contributed by atoms with Gasteiger partial charge in [-0.1, -0.05) is 61.5 Å². The molecule has 25 heavy (non-hydrogen) atoms. The molecule has 0 aliphatic rings. The normalized spacial score (nSPS) is 10.9. The second-order valence-corrected chi connectivity index (χ2v) is 5.74. The van der Waals surface area contributed by atoms with E-state index in [0.29, 0.717) is 11.3 Å². The number of carbonyl (C=O) groups excluding carboxylic acids is 1. The molecular weight excluding hydrogens is 312 g/mol. The molecule has 2 aromatic heterocycles. The van der Waals surface area contributed by atoms with E-state index in [-0.39, 0.29) is 0 Å². The lowest BCUT2D eigenvalue weighted by molar-refractivity contribution is 0.112. The van der Waals surface area contributed by atoms with Crippen LogP contribution in [0.25, 0.3) is 28.2 Å². The van der Waals surface area contributed by atoms with Crippen LogP contribution in [0.4, 0.5) is 0 Å². The van der Waals surface area contributed by atoms with Crippen molar-refractivity contribution in [1.82, 2.24) is 19.6 Å². The molecule has 122 valence electrons. The molecule has 0 saturated heterocycles. The van der Waals surface area contributed by atoms with Crippen molar-refractivity contribution in [2.75, 3.05) is 0 Å². The van der Waals surface area contributed by atoms with Crippen LogP contribution >= 0.6 is 0 Å². The number of aryl methyl sites for hydroxylation is 1. The summed E-state index contributed by atoms with van der Waals surface area (Å²) in [6.45, 7) is 2.02. The number of benzene rings is 2. The third-order valence-electron chi connectivity index (χ3n) is 4.10. The highest BCUT2D eigenvalue weighted by Gasteiger charge is 2.14. The zero-order valence-electron chi connectivity index (χ0n) is 13.8. The Morgan fingerprint density at radius 3 is 2.40 bits per heavy atom. The van der Waals surface area contributed by atoms with Gasteiger partial charge in [0.1, 0.15) is 6.29 Å². The second-order valence-electron chi connectivity index (χ2n) is 5.74. The Balaban J connectivity index is 1.97. The first kappa shape index (κ1) is 15.2. The van der Waals surface area contributed by atoms with Crippen LogP contribution in [0.2, 0.25) is 0 Å². The van der Waals surface area contributed by atoms with E-state index < -0.39 is 0 Å². The minimum atomic E-state index is 0.575. The summed E-state index contributed by atoms with van der Waals surface area (Å²) in [7, 11) is 0. The Morgan fingerprint density at radius 2 is 1.72 bits per heavy atom. The van der Waals surface area contributed by atoms with E-state index in [4.69, 9.17) is 4.98 Å². The lowest BCUT2D eigenvalue weighted by atomic mass is 10.0. The minimum absolute atomic E-state index is 0.575. The molecule has 2 aromatic carbocycles. The van der Waals surface area contributed by atoms with Gasteiger partial charge >= 0.3 is 0 Å². The first-order chi connectivity index (χ1) is 12.3. The van der Waals surface area contributed by atoms with Crippen LogP contribution < -0.4 is 0 Å². The molecule has 0 fully saturated rings. The van der Waals surface area contributed by atoms with E-state index >= 15 is 0 Å². The van der Waals surface area contributed by atoms with Crippen LogP contribution in [0.1, 0.15) is 23.1 Å². The average molecular weight is 328 g/mol. The van der Waals surface area contributed by atoms with Gasteiger partial charge in [0, 0.05) is 29.3 Å². The number of carbonyl (C=O) groups is 1. The number of hydrogen-bond acceptors (Lipinski definition) is 4. The van der Waals surface area contributed by atoms with E-state index in [2.05, 4.69) is 10.1 Å². The molecule has 0 aliphatic carbocycles. The smallest absolute Gasteiger partial charge is 0.253 e. The fraction of sp³-hybridized carbons (Fsp3) is 0.100. The molecule has 2 heterocycles. The number of nitrogens with zero attached hydrogens (tertiary/aromatic N) is 4. The van der Waals surface area contributed by atoms with Crippen molar-refractivity contribution >= 4 is 12.1 Å². The van der Waals surface area contributed by atoms with Gasteiger partial charge < -0.3 is 0 Å². The van der Waals surface area contributed by atoms with Crippen LogP contribution in [0.15, 0.2) is 60.8 Å². The fourth-order valence-electron chi connectivity index (χ4n) is 2.78. The van der Waals surface area contributed by atoms with Crippen molar-refractivity contribution in [2.45, 2.75) is 13.3 Å². The van der Waals surface area contributed by atoms with Gasteiger partial charge in [0.25, 0.3) is 5.78 Å². The van der Waals surface area contributed by atoms with Gasteiger partial charge in [-0.2, -0.15) is 4.98 Å². The first-order valence-corrected chi connectivity index (χ1v) is 8.16. The highest BCUT2D eigenvalue weighted by Crippen LogP contribution is 2.30. The lowest BCUT2D eigenvalue weighted by Crippen LogP contribution is -1.97. The summed E-state index contributed by atoms with van der Waals surface area (Å²) in [5, 5.41) is 4.48. The minimum Gasteiger partial charge on any atom is -0.298 e. The first-order valence-electron chi connectivity index (χ1n) is 8.16. The third-order valence-corrected chi connectivity index (χ3v) is 4.10. The number of rotatable bonds is 4. The highest BCUT2D eigenvalue weighted by molar-refractivity contribution is 5.83. The molecule has 0 unspecified atom stereocenters. The summed E-state index contributed by atoms with van der Waals surface area (Å²) in [5.41, 5.74) is 4.43. The number of hydrogen-bond donors (Lipinski definition) is 0. The lowest BCUT2D eigenvalue weighted by Gasteiger charge is -2.10. The number of aromatic nitrogens is 4. The van der Waals surface area contributed by atoms with Gasteiger partial charge in [-0.25, -0.2) is 9.50 Å². The quantitative estimate of drug-likeness (QED) is 0.534. The summed E-state index contributed by atoms with van der Waals surface area (Å²) in [6, 6.07) is 17.5. The molecule has 4 aromatic rings. The Kier molecular flexibility index (Phi) is 3.82. The zero-order valence-corrected chi connectivity index (χ0v) is 13.8. The average Bonchev–Trinajstić information content (AvgIpc) is 3.10. The van der Waals surface area contributed by atoms with E-state index in [0.717, 1.165) is 40.9 Å². The van der Waals surface area contributed by atoms with Gasteiger partial charge in [0.05, 0.1) is 5.69 Å². The van der Waals surface area contributed by atoms with Crippen molar-refractivity contribution in [3.05, 3.63) is 72.2 Å². The molecule has 0 saturated carbocycles. The maximum Gasteiger partial charge on any atom is 0.253 e. The third kappa shape index (κ3) is 2.80. The van der Waals surface area contributed by atoms with Crippen LogP contribution in [0.3, 0.4) is 0 Å². The molecule has 0 radical (unpaired) electrons. The molecule has 4 rings (SSSR count). The molecule has 0 amide bonds. The molecule has 0 bridgehead atoms. The zero-order chi connectivity index (χ0) is 17.2. The van der Waals surface area contributed by atoms with E-state index in [1.807, 2.05) is 55.6 Å². The summed E-state index contributed by atoms with van der Waals surface area (Å²) >= 11 is 0. The van der Waals surface area contributed by atoms with Gasteiger partial charge in [-0.15, -0.1) is 5.10 Å². The number of aldehydes is 1. The van der Waals surface area contributed by atoms with E-state index in [1.165, 1.54) is 0 Å². The highest BCUT2D eigenvalue weighted by atomic mass is 16.1. The second kappa shape index (κ2) is 6.28. The Labute approximate surface area is 145 Å². The molecule has 0 atom stereocenters. The van der Waals surface area contributed by atoms with Crippen molar-refractivity contribution < 1.29 is 4.79 Å². The van der Waals surface area contributed by atoms with Crippen molar-refractivity contribution in [1.29, 1.82) is 0 Å². The maximum atomic E-state index is 10.9. The summed E-state index contributed by atoms with van der Waals surface area (Å²) in [5.74, 6) is 1.34. The molecule has 0 aliphatic heterocycles. The van der Waals surface area contributed by atoms with Gasteiger partial charge in [-0.3, -0.25) is 4.79 Å². The van der Waals surface area contributed by atoms with Gasteiger partial charge in [-0.05, 0) is 5.56 Å². The van der Waals surface area contributed by atoms with E-state index in [9.17, 15) is 4.79 Å². The Bertz CT molecular complexity index is 1040. The summed E-state index contributed by atoms with van der Waals surface area (Å²) in [4.78, 5) is 20.1. The maximum absolute atomic E-state index is 10.9. The monoisotopic (exact) mass is 328 g/mol. The largest absolute Gasteiger partial charge is 0.298 e. The van der Waals surface area contributed by atoms with Crippen molar-refractivity contribution in [3.8, 4) is 22.4 Å². The van der Waals surface area contributed by atoms with Crippen LogP contribution in [0.5, 0.6) is 0 Å². The summed E-state index contributed by atoms with van der Waals surface area (Å²) < 4.78 is 1.73. The van der Waals surface area contributed by atoms with Crippen LogP contribution in [-0.2, 0) is 6.42 Å². The Hall–Kier alpha value is -3.34. The molecular formula is C20H16N4O. The summed E-state index contributed by atoms with van der Waals surface area (Å²) in [6.07, 6.45) is 3.56. The predicted octanol–water partition coefficient (Wildman–Crippen LogP) is 3.83. The molecule has 5 nitrogen and oxygen atoms in total. The molecule has 5 heteroatoms. The van der Waals surface area contributed by atoms with Crippen molar-refractivity contribution in [3.63, 3.8) is 0 Å². The SMILES string of the molecule is CCc1nc2nc(-c3ccc(C=O)cc3)c(-c3ccccc3)cn2n1. The fourth-order valence-corrected chi connectivity index (χ4v) is 2.78. The van der Waals surface area contributed by atoms with E-state index in [1.54, 1.807) is 16.6 Å². The predicted molar refractivity (Wildman–Crippen MR) is 96.4 cm³/mol. The standard InChI is InChI=1S/C20H16N4O/c1-2-18-21-20-22-19(16-10-8-14(13-25)9-11-16)17(12-24(20)23-18)15-6-4-3-5-7-15/h3-13H,2H2,1H3. The number of fused-ring (bicyclic) bond motifs is 1. The van der Waals surface area contributed by atoms with Crippen LogP contribution in [-0.4, -0.2) is 25.9 Å². The van der Waals surface area contributed by atoms with Gasteiger partial charge in [0.15, 0.2) is 5.82 Å². The van der Waals surface area contributed by atoms with Crippen LogP contribution in [0, 0.1) is 0 Å².